The van der Waals surface area contributed by atoms with Crippen LogP contribution in [0.3, 0.4) is 0 Å². The Morgan fingerprint density at radius 3 is 1.80 bits per heavy atom. The molecule has 0 fully saturated rings. The molecule has 0 atom stereocenters. The van der Waals surface area contributed by atoms with Crippen LogP contribution in [0.25, 0.3) is 78.1 Å². The second kappa shape index (κ2) is 9.50. The van der Waals surface area contributed by atoms with E-state index in [4.69, 9.17) is 24.4 Å². The summed E-state index contributed by atoms with van der Waals surface area (Å²) in [7, 11) is 0. The predicted octanol–water partition coefficient (Wildman–Crippen LogP) is 8.99. The average molecular weight is 527 g/mol. The van der Waals surface area contributed by atoms with Crippen LogP contribution >= 0.6 is 0 Å². The van der Waals surface area contributed by atoms with E-state index in [1.165, 1.54) is 0 Å². The van der Waals surface area contributed by atoms with E-state index in [2.05, 4.69) is 30.3 Å². The Labute approximate surface area is 235 Å². The first kappa shape index (κ1) is 23.2. The van der Waals surface area contributed by atoms with Crippen LogP contribution in [0.5, 0.6) is 0 Å². The van der Waals surface area contributed by atoms with Crippen LogP contribution in [0, 0.1) is 0 Å². The lowest BCUT2D eigenvalue weighted by atomic mass is 9.98. The molecule has 0 unspecified atom stereocenters. The van der Waals surface area contributed by atoms with Gasteiger partial charge in [0.05, 0.1) is 5.39 Å². The van der Waals surface area contributed by atoms with Crippen LogP contribution in [0.1, 0.15) is 0 Å². The number of aromatic nitrogens is 4. The molecular weight excluding hydrogens is 504 g/mol. The van der Waals surface area contributed by atoms with Crippen molar-refractivity contribution in [3.63, 3.8) is 0 Å². The molecule has 0 saturated carbocycles. The third kappa shape index (κ3) is 4.03. The maximum absolute atomic E-state index is 6.38. The first-order valence-electron chi connectivity index (χ1n) is 13.5. The number of furan rings is 1. The minimum Gasteiger partial charge on any atom is -0.454 e. The number of rotatable bonds is 4. The van der Waals surface area contributed by atoms with Crippen molar-refractivity contribution in [2.24, 2.45) is 0 Å². The van der Waals surface area contributed by atoms with E-state index in [-0.39, 0.29) is 0 Å². The second-order valence-electron chi connectivity index (χ2n) is 9.92. The Bertz CT molecular complexity index is 2150. The number of pyridine rings is 1. The molecule has 5 nitrogen and oxygen atoms in total. The zero-order chi connectivity index (χ0) is 27.2. The third-order valence-electron chi connectivity index (χ3n) is 7.36. The van der Waals surface area contributed by atoms with Crippen molar-refractivity contribution in [3.05, 3.63) is 134 Å². The van der Waals surface area contributed by atoms with Crippen LogP contribution in [0.2, 0.25) is 0 Å². The van der Waals surface area contributed by atoms with Crippen LogP contribution < -0.4 is 0 Å². The van der Waals surface area contributed by atoms with Crippen molar-refractivity contribution in [1.82, 2.24) is 19.9 Å². The van der Waals surface area contributed by atoms with E-state index in [9.17, 15) is 0 Å². The molecule has 0 bridgehead atoms. The molecule has 0 aliphatic carbocycles. The van der Waals surface area contributed by atoms with Gasteiger partial charge in [0, 0.05) is 33.7 Å². The first-order valence-corrected chi connectivity index (χ1v) is 13.5. The molecule has 192 valence electrons. The Balaban J connectivity index is 1.31. The molecule has 0 N–H and O–H groups in total. The first-order chi connectivity index (χ1) is 20.3. The fourth-order valence-corrected chi connectivity index (χ4v) is 5.39. The maximum Gasteiger partial charge on any atom is 0.164 e. The minimum absolute atomic E-state index is 0.618. The van der Waals surface area contributed by atoms with Crippen molar-refractivity contribution in [2.75, 3.05) is 0 Å². The fraction of sp³-hybridized carbons (Fsp3) is 0. The SMILES string of the molecule is c1ccc(-c2nc(-c3ccccc3)nc(-c3cccc(-c4cccc5oc6c7ccccc7cnc6c45)c3)n2)cc1. The van der Waals surface area contributed by atoms with Gasteiger partial charge in [0.2, 0.25) is 0 Å². The monoisotopic (exact) mass is 526 g/mol. The molecule has 5 aromatic carbocycles. The molecule has 0 saturated heterocycles. The van der Waals surface area contributed by atoms with Gasteiger partial charge < -0.3 is 4.42 Å². The summed E-state index contributed by atoms with van der Waals surface area (Å²) in [6.07, 6.45) is 1.92. The highest BCUT2D eigenvalue weighted by Gasteiger charge is 2.17. The summed E-state index contributed by atoms with van der Waals surface area (Å²) in [4.78, 5) is 19.5. The van der Waals surface area contributed by atoms with E-state index in [1.54, 1.807) is 0 Å². The molecule has 5 heteroatoms. The summed E-state index contributed by atoms with van der Waals surface area (Å²) in [5.41, 5.74) is 7.35. The summed E-state index contributed by atoms with van der Waals surface area (Å²) in [5.74, 6) is 1.89. The molecule has 0 aliphatic rings. The lowest BCUT2D eigenvalue weighted by Gasteiger charge is -2.10. The number of hydrogen-bond donors (Lipinski definition) is 0. The molecular formula is C36H22N4O. The predicted molar refractivity (Wildman–Crippen MR) is 164 cm³/mol. The topological polar surface area (TPSA) is 64.7 Å². The van der Waals surface area contributed by atoms with E-state index < -0.39 is 0 Å². The van der Waals surface area contributed by atoms with E-state index >= 15 is 0 Å². The molecule has 0 aliphatic heterocycles. The zero-order valence-corrected chi connectivity index (χ0v) is 21.9. The van der Waals surface area contributed by atoms with Crippen molar-refractivity contribution < 1.29 is 4.42 Å². The molecule has 3 aromatic heterocycles. The average Bonchev–Trinajstić information content (AvgIpc) is 3.45. The summed E-state index contributed by atoms with van der Waals surface area (Å²) in [5, 5.41) is 3.11. The number of nitrogens with zero attached hydrogens (tertiary/aromatic N) is 4. The standard InChI is InChI=1S/C36H22N4O/c1-3-11-23(12-4-1)34-38-35(24-13-5-2-6-14-24)40-36(39-34)26-17-9-16-25(21-26)28-19-10-20-30-31(28)32-33(41-30)29-18-8-7-15-27(29)22-37-32/h1-22H. The van der Waals surface area contributed by atoms with Crippen LogP contribution in [-0.2, 0) is 0 Å². The molecule has 0 radical (unpaired) electrons. The summed E-state index contributed by atoms with van der Waals surface area (Å²) >= 11 is 0. The number of fused-ring (bicyclic) bond motifs is 5. The van der Waals surface area contributed by atoms with Gasteiger partial charge in [-0.05, 0) is 23.3 Å². The van der Waals surface area contributed by atoms with E-state index in [0.29, 0.717) is 17.5 Å². The quantitative estimate of drug-likeness (QED) is 0.229. The summed E-state index contributed by atoms with van der Waals surface area (Å²) in [6, 6.07) is 42.7. The van der Waals surface area contributed by atoms with Gasteiger partial charge >= 0.3 is 0 Å². The Kier molecular flexibility index (Phi) is 5.38. The minimum atomic E-state index is 0.618. The Morgan fingerprint density at radius 1 is 0.488 bits per heavy atom. The van der Waals surface area contributed by atoms with Gasteiger partial charge in [-0.15, -0.1) is 0 Å². The van der Waals surface area contributed by atoms with E-state index in [0.717, 1.165) is 60.7 Å². The van der Waals surface area contributed by atoms with Gasteiger partial charge in [0.1, 0.15) is 11.1 Å². The lowest BCUT2D eigenvalue weighted by molar-refractivity contribution is 0.672. The molecule has 8 aromatic rings. The molecule has 0 spiro atoms. The van der Waals surface area contributed by atoms with Crippen LogP contribution in [0.4, 0.5) is 0 Å². The molecule has 0 amide bonds. The fourth-order valence-electron chi connectivity index (χ4n) is 5.39. The van der Waals surface area contributed by atoms with Crippen LogP contribution in [0.15, 0.2) is 138 Å². The van der Waals surface area contributed by atoms with Crippen molar-refractivity contribution in [3.8, 4) is 45.3 Å². The van der Waals surface area contributed by atoms with E-state index in [1.807, 2.05) is 103 Å². The molecule has 3 heterocycles. The Morgan fingerprint density at radius 2 is 1.07 bits per heavy atom. The van der Waals surface area contributed by atoms with Gasteiger partial charge in [-0.1, -0.05) is 115 Å². The van der Waals surface area contributed by atoms with Gasteiger partial charge in [0.15, 0.2) is 23.1 Å². The van der Waals surface area contributed by atoms with Gasteiger partial charge in [0.25, 0.3) is 0 Å². The summed E-state index contributed by atoms with van der Waals surface area (Å²) in [6.45, 7) is 0. The van der Waals surface area contributed by atoms with Crippen molar-refractivity contribution in [1.29, 1.82) is 0 Å². The van der Waals surface area contributed by atoms with Crippen molar-refractivity contribution in [2.45, 2.75) is 0 Å². The van der Waals surface area contributed by atoms with Gasteiger partial charge in [-0.3, -0.25) is 4.98 Å². The smallest absolute Gasteiger partial charge is 0.164 e. The van der Waals surface area contributed by atoms with Gasteiger partial charge in [-0.2, -0.15) is 0 Å². The highest BCUT2D eigenvalue weighted by atomic mass is 16.3. The normalized spacial score (nSPS) is 11.4. The third-order valence-corrected chi connectivity index (χ3v) is 7.36. The van der Waals surface area contributed by atoms with Crippen LogP contribution in [-0.4, -0.2) is 19.9 Å². The zero-order valence-electron chi connectivity index (χ0n) is 21.9. The highest BCUT2D eigenvalue weighted by molar-refractivity contribution is 6.17. The second-order valence-corrected chi connectivity index (χ2v) is 9.92. The highest BCUT2D eigenvalue weighted by Crippen LogP contribution is 2.39. The summed E-state index contributed by atoms with van der Waals surface area (Å²) < 4.78 is 6.38. The lowest BCUT2D eigenvalue weighted by Crippen LogP contribution is -2.00. The number of benzene rings is 5. The maximum atomic E-state index is 6.38. The van der Waals surface area contributed by atoms with Crippen molar-refractivity contribution >= 4 is 32.8 Å². The largest absolute Gasteiger partial charge is 0.454 e. The Hall–Kier alpha value is -5.68. The van der Waals surface area contributed by atoms with Gasteiger partial charge in [-0.25, -0.2) is 15.0 Å². The number of hydrogen-bond acceptors (Lipinski definition) is 5. The molecule has 41 heavy (non-hydrogen) atoms. The molecule has 8 rings (SSSR count).